The van der Waals surface area contributed by atoms with Gasteiger partial charge in [-0.1, -0.05) is 31.5 Å². The molecule has 1 saturated heterocycles. The van der Waals surface area contributed by atoms with Gasteiger partial charge in [-0.15, -0.1) is 21.5 Å². The summed E-state index contributed by atoms with van der Waals surface area (Å²) in [5.74, 6) is 0.841. The Morgan fingerprint density at radius 2 is 2.21 bits per heavy atom. The number of hydrogen-bond acceptors (Lipinski definition) is 9. The molecule has 156 valence electrons. The third kappa shape index (κ3) is 3.45. The second-order valence-corrected chi connectivity index (χ2v) is 9.60. The molecule has 4 heterocycles. The molecule has 0 amide bonds. The van der Waals surface area contributed by atoms with Crippen LogP contribution in [0, 0.1) is 0 Å². The number of nitrogens with one attached hydrogen (secondary N) is 2. The number of carbonyl (C=O) groups is 1. The number of esters is 1. The van der Waals surface area contributed by atoms with Crippen molar-refractivity contribution in [2.24, 2.45) is 0 Å². The maximum Gasteiger partial charge on any atom is 0.316 e. The van der Waals surface area contributed by atoms with Crippen molar-refractivity contribution in [2.45, 2.75) is 63.2 Å². The molecule has 2 aromatic rings. The lowest BCUT2D eigenvalue weighted by Crippen LogP contribution is -2.39. The first-order chi connectivity index (χ1) is 14.3. The van der Waals surface area contributed by atoms with Gasteiger partial charge in [0.2, 0.25) is 5.95 Å². The van der Waals surface area contributed by atoms with E-state index in [9.17, 15) is 4.79 Å². The Labute approximate surface area is 178 Å². The largest absolute Gasteiger partial charge is 0.465 e. The molecule has 29 heavy (non-hydrogen) atoms. The maximum absolute atomic E-state index is 12.1. The topological polar surface area (TPSA) is 84.3 Å². The molecule has 0 bridgehead atoms. The molecule has 2 aliphatic heterocycles. The van der Waals surface area contributed by atoms with Gasteiger partial charge < -0.3 is 4.74 Å². The van der Waals surface area contributed by atoms with Crippen LogP contribution in [0.5, 0.6) is 0 Å². The Morgan fingerprint density at radius 1 is 1.31 bits per heavy atom. The summed E-state index contributed by atoms with van der Waals surface area (Å²) < 4.78 is 7.46. The standard InChI is InChI=1S/C19H26N6O2S2/c1-2-3-6-9-27-14(26)10-28-19-23-22-18-24(19)17-15(16-20-11-21-25(16)18)12-7-4-5-8-13(12)29-17/h16,20-21H,2-11H2,1H3. The summed E-state index contributed by atoms with van der Waals surface area (Å²) >= 11 is 3.26. The number of nitrogens with zero attached hydrogens (tertiary/aromatic N) is 4. The van der Waals surface area contributed by atoms with E-state index in [0.29, 0.717) is 13.3 Å². The molecule has 10 heteroatoms. The quantitative estimate of drug-likeness (QED) is 0.391. The third-order valence-electron chi connectivity index (χ3n) is 5.63. The Morgan fingerprint density at radius 3 is 3.10 bits per heavy atom. The van der Waals surface area contributed by atoms with Gasteiger partial charge in [0.1, 0.15) is 11.2 Å². The van der Waals surface area contributed by atoms with Crippen LogP contribution in [0.3, 0.4) is 0 Å². The molecule has 1 unspecified atom stereocenters. The van der Waals surface area contributed by atoms with Crippen molar-refractivity contribution in [3.05, 3.63) is 16.0 Å². The van der Waals surface area contributed by atoms with Crippen molar-refractivity contribution in [3.8, 4) is 5.00 Å². The van der Waals surface area contributed by atoms with Crippen molar-refractivity contribution in [1.29, 1.82) is 0 Å². The molecule has 5 rings (SSSR count). The summed E-state index contributed by atoms with van der Waals surface area (Å²) in [6.45, 7) is 3.34. The van der Waals surface area contributed by atoms with Gasteiger partial charge >= 0.3 is 5.97 Å². The summed E-state index contributed by atoms with van der Waals surface area (Å²) in [5.41, 5.74) is 6.22. The lowest BCUT2D eigenvalue weighted by atomic mass is 9.94. The minimum absolute atomic E-state index is 0.0983. The number of hydrogen-bond donors (Lipinski definition) is 2. The van der Waals surface area contributed by atoms with Crippen LogP contribution < -0.4 is 15.8 Å². The van der Waals surface area contributed by atoms with Crippen molar-refractivity contribution < 1.29 is 9.53 Å². The van der Waals surface area contributed by atoms with Crippen LogP contribution in [0.2, 0.25) is 0 Å². The SMILES string of the molecule is CCCCCOC(=O)CSc1nnc2n1-c1sc3c(c1C1NCNN21)CCCC3. The zero-order valence-electron chi connectivity index (χ0n) is 16.6. The Kier molecular flexibility index (Phi) is 5.51. The van der Waals surface area contributed by atoms with Crippen LogP contribution in [0.25, 0.3) is 5.00 Å². The molecule has 2 N–H and O–H groups in total. The highest BCUT2D eigenvalue weighted by atomic mass is 32.2. The molecule has 1 atom stereocenters. The number of aryl methyl sites for hydroxylation is 1. The monoisotopic (exact) mass is 434 g/mol. The fraction of sp³-hybridized carbons (Fsp3) is 0.632. The molecule has 8 nitrogen and oxygen atoms in total. The zero-order valence-corrected chi connectivity index (χ0v) is 18.2. The van der Waals surface area contributed by atoms with Gasteiger partial charge in [-0.05, 0) is 37.7 Å². The van der Waals surface area contributed by atoms with Crippen molar-refractivity contribution in [2.75, 3.05) is 24.0 Å². The average Bonchev–Trinajstić information content (AvgIpc) is 3.45. The van der Waals surface area contributed by atoms with Crippen molar-refractivity contribution in [3.63, 3.8) is 0 Å². The van der Waals surface area contributed by atoms with Gasteiger partial charge in [0.15, 0.2) is 5.16 Å². The van der Waals surface area contributed by atoms with Gasteiger partial charge in [0.05, 0.1) is 19.0 Å². The second-order valence-electron chi connectivity index (χ2n) is 7.58. The summed E-state index contributed by atoms with van der Waals surface area (Å²) in [6, 6.07) is 0. The number of fused-ring (bicyclic) bond motifs is 8. The van der Waals surface area contributed by atoms with Crippen LogP contribution in [0.1, 0.15) is 61.2 Å². The molecule has 1 aliphatic carbocycles. The summed E-state index contributed by atoms with van der Waals surface area (Å²) in [7, 11) is 0. The highest BCUT2D eigenvalue weighted by Crippen LogP contribution is 2.47. The molecule has 0 spiro atoms. The number of unbranched alkanes of at least 4 members (excludes halogenated alkanes) is 2. The van der Waals surface area contributed by atoms with Gasteiger partial charge in [-0.2, -0.15) is 0 Å². The lowest BCUT2D eigenvalue weighted by Gasteiger charge is -2.31. The van der Waals surface area contributed by atoms with E-state index < -0.39 is 0 Å². The van der Waals surface area contributed by atoms with E-state index in [1.54, 1.807) is 0 Å². The third-order valence-corrected chi connectivity index (χ3v) is 7.83. The molecular formula is C19H26N6O2S2. The summed E-state index contributed by atoms with van der Waals surface area (Å²) in [6.07, 6.45) is 8.01. The minimum Gasteiger partial charge on any atom is -0.465 e. The molecule has 0 radical (unpaired) electrons. The maximum atomic E-state index is 12.1. The molecule has 2 aromatic heterocycles. The number of hydrazine groups is 1. The summed E-state index contributed by atoms with van der Waals surface area (Å²) in [5, 5.41) is 16.4. The smallest absolute Gasteiger partial charge is 0.316 e. The van der Waals surface area contributed by atoms with Crippen LogP contribution >= 0.6 is 23.1 Å². The average molecular weight is 435 g/mol. The number of aromatic nitrogens is 3. The lowest BCUT2D eigenvalue weighted by molar-refractivity contribution is -0.140. The van der Waals surface area contributed by atoms with E-state index in [2.05, 4.69) is 37.4 Å². The Bertz CT molecular complexity index is 911. The Balaban J connectivity index is 1.40. The Hall–Kier alpha value is -1.62. The van der Waals surface area contributed by atoms with Crippen LogP contribution in [0.4, 0.5) is 5.95 Å². The number of thioether (sulfide) groups is 1. The fourth-order valence-corrected chi connectivity index (χ4v) is 6.45. The van der Waals surface area contributed by atoms with Crippen LogP contribution in [0.15, 0.2) is 5.16 Å². The van der Waals surface area contributed by atoms with Crippen LogP contribution in [-0.4, -0.2) is 39.8 Å². The normalized spacial score (nSPS) is 19.5. The van der Waals surface area contributed by atoms with Gasteiger partial charge in [-0.3, -0.25) is 15.1 Å². The second kappa shape index (κ2) is 8.25. The number of carbonyl (C=O) groups excluding carboxylic acids is 1. The zero-order chi connectivity index (χ0) is 19.8. The highest BCUT2D eigenvalue weighted by Gasteiger charge is 2.41. The first kappa shape index (κ1) is 19.3. The highest BCUT2D eigenvalue weighted by molar-refractivity contribution is 7.99. The van der Waals surface area contributed by atoms with E-state index in [-0.39, 0.29) is 17.9 Å². The van der Waals surface area contributed by atoms with Crippen molar-refractivity contribution >= 4 is 35.0 Å². The van der Waals surface area contributed by atoms with E-state index >= 15 is 0 Å². The molecule has 0 aromatic carbocycles. The van der Waals surface area contributed by atoms with E-state index in [1.165, 1.54) is 45.6 Å². The molecular weight excluding hydrogens is 408 g/mol. The fourth-order valence-electron chi connectivity index (χ4n) is 4.24. The summed E-state index contributed by atoms with van der Waals surface area (Å²) in [4.78, 5) is 13.6. The number of thiophene rings is 1. The number of anilines is 1. The molecule has 0 saturated carbocycles. The van der Waals surface area contributed by atoms with E-state index in [0.717, 1.165) is 43.2 Å². The van der Waals surface area contributed by atoms with Crippen molar-refractivity contribution in [1.82, 2.24) is 25.5 Å². The van der Waals surface area contributed by atoms with Gasteiger partial charge in [-0.25, -0.2) is 9.99 Å². The van der Waals surface area contributed by atoms with Crippen LogP contribution in [-0.2, 0) is 22.4 Å². The first-order valence-electron chi connectivity index (χ1n) is 10.4. The number of rotatable bonds is 7. The molecule has 1 fully saturated rings. The van der Waals surface area contributed by atoms with Gasteiger partial charge in [0, 0.05) is 10.4 Å². The van der Waals surface area contributed by atoms with E-state index in [1.807, 2.05) is 11.3 Å². The number of ether oxygens (including phenoxy) is 1. The predicted octanol–water partition coefficient (Wildman–Crippen LogP) is 2.92. The predicted molar refractivity (Wildman–Crippen MR) is 113 cm³/mol. The van der Waals surface area contributed by atoms with Gasteiger partial charge in [0.25, 0.3) is 0 Å². The minimum atomic E-state index is -0.191. The first-order valence-corrected chi connectivity index (χ1v) is 12.2. The van der Waals surface area contributed by atoms with E-state index in [4.69, 9.17) is 4.74 Å². The molecule has 3 aliphatic rings.